The van der Waals surface area contributed by atoms with Crippen LogP contribution in [-0.4, -0.2) is 53.2 Å². The molecule has 0 aliphatic heterocycles. The highest BCUT2D eigenvalue weighted by Gasteiger charge is 2.25. The lowest BCUT2D eigenvalue weighted by Gasteiger charge is -2.32. The molecular weight excluding hydrogens is 254 g/mol. The van der Waals surface area contributed by atoms with Gasteiger partial charge in [-0.2, -0.15) is 0 Å². The molecule has 0 aliphatic carbocycles. The molecule has 0 radical (unpaired) electrons. The van der Waals surface area contributed by atoms with Crippen molar-refractivity contribution in [2.24, 2.45) is 5.41 Å². The summed E-state index contributed by atoms with van der Waals surface area (Å²) in [4.78, 5) is 0. The van der Waals surface area contributed by atoms with Crippen LogP contribution in [-0.2, 0) is 14.2 Å². The molecule has 4 heteroatoms. The van der Waals surface area contributed by atoms with Crippen LogP contribution < -0.4 is 5.32 Å². The summed E-state index contributed by atoms with van der Waals surface area (Å²) in [7, 11) is 1.68. The Morgan fingerprint density at radius 3 is 2.00 bits per heavy atom. The van der Waals surface area contributed by atoms with Crippen molar-refractivity contribution in [3.05, 3.63) is 0 Å². The Balaban J connectivity index is 3.69. The molecule has 4 nitrogen and oxygen atoms in total. The minimum absolute atomic E-state index is 0.381. The molecule has 0 amide bonds. The van der Waals surface area contributed by atoms with Crippen LogP contribution in [0.4, 0.5) is 0 Å². The van der Waals surface area contributed by atoms with Gasteiger partial charge in [-0.1, -0.05) is 20.8 Å². The fourth-order valence-electron chi connectivity index (χ4n) is 2.23. The van der Waals surface area contributed by atoms with Crippen molar-refractivity contribution in [3.63, 3.8) is 0 Å². The number of hydrogen-bond donors (Lipinski definition) is 1. The first-order chi connectivity index (χ1) is 9.74. The van der Waals surface area contributed by atoms with E-state index in [0.29, 0.717) is 31.8 Å². The Morgan fingerprint density at radius 2 is 1.45 bits per heavy atom. The molecule has 0 aromatic rings. The Morgan fingerprint density at radius 1 is 0.850 bits per heavy atom. The van der Waals surface area contributed by atoms with Crippen LogP contribution >= 0.6 is 0 Å². The van der Waals surface area contributed by atoms with Crippen molar-refractivity contribution < 1.29 is 14.2 Å². The summed E-state index contributed by atoms with van der Waals surface area (Å²) >= 11 is 0. The smallest absolute Gasteiger partial charge is 0.0701 e. The van der Waals surface area contributed by atoms with E-state index < -0.39 is 0 Å². The Bertz CT molecular complexity index is 196. The lowest BCUT2D eigenvalue weighted by Crippen LogP contribution is -2.35. The molecule has 1 N–H and O–H groups in total. The highest BCUT2D eigenvalue weighted by molar-refractivity contribution is 4.79. The largest absolute Gasteiger partial charge is 0.382 e. The molecule has 0 rings (SSSR count). The Labute approximate surface area is 125 Å². The van der Waals surface area contributed by atoms with Crippen LogP contribution in [0.5, 0.6) is 0 Å². The first-order valence-electron chi connectivity index (χ1n) is 8.09. The van der Waals surface area contributed by atoms with Crippen molar-refractivity contribution >= 4 is 0 Å². The third kappa shape index (κ3) is 9.70. The van der Waals surface area contributed by atoms with Gasteiger partial charge in [0.15, 0.2) is 0 Å². The molecule has 0 saturated carbocycles. The lowest BCUT2D eigenvalue weighted by atomic mass is 9.79. The molecule has 122 valence electrons. The quantitative estimate of drug-likeness (QED) is 0.471. The standard InChI is InChI=1S/C16H35NO3/c1-5-9-17-15-16(6-2,7-3)8-10-19-13-14-20-12-11-18-4/h17H,5-15H2,1-4H3. The van der Waals surface area contributed by atoms with Gasteiger partial charge in [0.1, 0.15) is 0 Å². The average Bonchev–Trinajstić information content (AvgIpc) is 2.48. The summed E-state index contributed by atoms with van der Waals surface area (Å²) in [6.45, 7) is 12.4. The number of hydrogen-bond acceptors (Lipinski definition) is 4. The van der Waals surface area contributed by atoms with E-state index in [1.807, 2.05) is 0 Å². The van der Waals surface area contributed by atoms with Gasteiger partial charge in [0.05, 0.1) is 26.4 Å². The van der Waals surface area contributed by atoms with Crippen LogP contribution in [0.3, 0.4) is 0 Å². The summed E-state index contributed by atoms with van der Waals surface area (Å²) < 4.78 is 16.0. The zero-order valence-electron chi connectivity index (χ0n) is 14.0. The molecule has 0 heterocycles. The highest BCUT2D eigenvalue weighted by atomic mass is 16.5. The number of ether oxygens (including phenoxy) is 3. The van der Waals surface area contributed by atoms with E-state index >= 15 is 0 Å². The number of methoxy groups -OCH3 is 1. The summed E-state index contributed by atoms with van der Waals surface area (Å²) in [5.41, 5.74) is 0.381. The van der Waals surface area contributed by atoms with Gasteiger partial charge in [-0.15, -0.1) is 0 Å². The third-order valence-electron chi connectivity index (χ3n) is 4.01. The van der Waals surface area contributed by atoms with Gasteiger partial charge in [-0.25, -0.2) is 0 Å². The molecule has 20 heavy (non-hydrogen) atoms. The van der Waals surface area contributed by atoms with Gasteiger partial charge in [-0.3, -0.25) is 0 Å². The van der Waals surface area contributed by atoms with E-state index in [1.165, 1.54) is 19.3 Å². The first kappa shape index (κ1) is 19.8. The van der Waals surface area contributed by atoms with E-state index in [4.69, 9.17) is 14.2 Å². The molecule has 0 aromatic carbocycles. The molecule has 0 spiro atoms. The van der Waals surface area contributed by atoms with Crippen LogP contribution in [0.2, 0.25) is 0 Å². The Hall–Kier alpha value is -0.160. The third-order valence-corrected chi connectivity index (χ3v) is 4.01. The van der Waals surface area contributed by atoms with Gasteiger partial charge in [0, 0.05) is 20.3 Å². The molecule has 0 saturated heterocycles. The fraction of sp³-hybridized carbons (Fsp3) is 1.00. The van der Waals surface area contributed by atoms with Crippen molar-refractivity contribution in [1.29, 1.82) is 0 Å². The maximum Gasteiger partial charge on any atom is 0.0701 e. The molecule has 0 fully saturated rings. The van der Waals surface area contributed by atoms with E-state index in [2.05, 4.69) is 26.1 Å². The van der Waals surface area contributed by atoms with Crippen LogP contribution in [0.25, 0.3) is 0 Å². The lowest BCUT2D eigenvalue weighted by molar-refractivity contribution is 0.0155. The topological polar surface area (TPSA) is 39.7 Å². The summed E-state index contributed by atoms with van der Waals surface area (Å²) in [5, 5.41) is 3.56. The van der Waals surface area contributed by atoms with E-state index in [9.17, 15) is 0 Å². The maximum absolute atomic E-state index is 5.69. The molecule has 0 aliphatic rings. The molecular formula is C16H35NO3. The molecule has 0 bridgehead atoms. The number of nitrogens with one attached hydrogen (secondary N) is 1. The monoisotopic (exact) mass is 289 g/mol. The summed E-state index contributed by atoms with van der Waals surface area (Å²) in [5.74, 6) is 0. The van der Waals surface area contributed by atoms with Crippen molar-refractivity contribution in [2.45, 2.75) is 46.5 Å². The van der Waals surface area contributed by atoms with Crippen molar-refractivity contribution in [3.8, 4) is 0 Å². The highest BCUT2D eigenvalue weighted by Crippen LogP contribution is 2.29. The second-order valence-corrected chi connectivity index (χ2v) is 5.35. The predicted molar refractivity (Wildman–Crippen MR) is 84.3 cm³/mol. The van der Waals surface area contributed by atoms with E-state index in [-0.39, 0.29) is 0 Å². The second-order valence-electron chi connectivity index (χ2n) is 5.35. The SMILES string of the molecule is CCCNCC(CC)(CC)CCOCCOCCOC. The van der Waals surface area contributed by atoms with Crippen LogP contribution in [0.1, 0.15) is 46.5 Å². The van der Waals surface area contributed by atoms with Gasteiger partial charge < -0.3 is 19.5 Å². The average molecular weight is 289 g/mol. The van der Waals surface area contributed by atoms with Gasteiger partial charge in [0.25, 0.3) is 0 Å². The summed E-state index contributed by atoms with van der Waals surface area (Å²) in [6, 6.07) is 0. The normalized spacial score (nSPS) is 12.0. The van der Waals surface area contributed by atoms with Crippen molar-refractivity contribution in [1.82, 2.24) is 5.32 Å². The molecule has 0 aromatic heterocycles. The van der Waals surface area contributed by atoms with E-state index in [0.717, 1.165) is 26.1 Å². The van der Waals surface area contributed by atoms with Gasteiger partial charge >= 0.3 is 0 Å². The minimum Gasteiger partial charge on any atom is -0.382 e. The van der Waals surface area contributed by atoms with Crippen LogP contribution in [0.15, 0.2) is 0 Å². The first-order valence-corrected chi connectivity index (χ1v) is 8.09. The minimum atomic E-state index is 0.381. The van der Waals surface area contributed by atoms with E-state index in [1.54, 1.807) is 7.11 Å². The summed E-state index contributed by atoms with van der Waals surface area (Å²) in [6.07, 6.45) is 4.72. The van der Waals surface area contributed by atoms with Gasteiger partial charge in [-0.05, 0) is 37.6 Å². The number of rotatable bonds is 15. The van der Waals surface area contributed by atoms with Gasteiger partial charge in [0.2, 0.25) is 0 Å². The second kappa shape index (κ2) is 13.8. The Kier molecular flexibility index (Phi) is 13.7. The maximum atomic E-state index is 5.69. The predicted octanol–water partition coefficient (Wildman–Crippen LogP) is 2.86. The fourth-order valence-corrected chi connectivity index (χ4v) is 2.23. The molecule has 0 atom stereocenters. The zero-order chi connectivity index (χ0) is 15.1. The molecule has 0 unspecified atom stereocenters. The van der Waals surface area contributed by atoms with Crippen LogP contribution in [0, 0.1) is 5.41 Å². The van der Waals surface area contributed by atoms with Crippen molar-refractivity contribution in [2.75, 3.05) is 53.2 Å². The zero-order valence-corrected chi connectivity index (χ0v) is 14.0.